The molecule has 0 radical (unpaired) electrons. The van der Waals surface area contributed by atoms with E-state index in [9.17, 15) is 25.3 Å². The minimum absolute atomic E-state index is 0.00203. The van der Waals surface area contributed by atoms with Crippen LogP contribution in [0.1, 0.15) is 30.6 Å². The van der Waals surface area contributed by atoms with Crippen LogP contribution in [0.15, 0.2) is 43.6 Å². The van der Waals surface area contributed by atoms with Crippen molar-refractivity contribution in [3.8, 4) is 0 Å². The Hall–Kier alpha value is -1.31. The maximum absolute atomic E-state index is 12.6. The van der Waals surface area contributed by atoms with Crippen LogP contribution < -0.4 is 5.14 Å². The molecular formula is C15H17NO7S4. The van der Waals surface area contributed by atoms with Crippen molar-refractivity contribution in [1.29, 1.82) is 0 Å². The smallest absolute Gasteiger partial charge is 0.258 e. The summed E-state index contributed by atoms with van der Waals surface area (Å²) in [6.07, 6.45) is -1.25. The van der Waals surface area contributed by atoms with Gasteiger partial charge in [0.2, 0.25) is 10.0 Å². The topological polar surface area (TPSA) is 138 Å². The summed E-state index contributed by atoms with van der Waals surface area (Å²) in [4.78, 5) is -0.0716. The number of fused-ring (bicyclic) bond motifs is 1. The van der Waals surface area contributed by atoms with Gasteiger partial charge in [-0.05, 0) is 38.5 Å². The van der Waals surface area contributed by atoms with E-state index in [0.29, 0.717) is 11.3 Å². The van der Waals surface area contributed by atoms with E-state index in [0.717, 1.165) is 11.6 Å². The molecule has 0 fully saturated rings. The number of thiophene rings is 1. The Morgan fingerprint density at radius 1 is 1.15 bits per heavy atom. The van der Waals surface area contributed by atoms with E-state index in [1.807, 2.05) is 0 Å². The van der Waals surface area contributed by atoms with Crippen molar-refractivity contribution in [1.82, 2.24) is 0 Å². The summed E-state index contributed by atoms with van der Waals surface area (Å²) in [6, 6.07) is 7.07. The second-order valence-corrected chi connectivity index (χ2v) is 13.3. The monoisotopic (exact) mass is 451 g/mol. The highest BCUT2D eigenvalue weighted by Crippen LogP contribution is 2.45. The van der Waals surface area contributed by atoms with Crippen molar-refractivity contribution >= 4 is 41.3 Å². The molecule has 0 amide bonds. The molecule has 1 aliphatic rings. The zero-order chi connectivity index (χ0) is 20.2. The van der Waals surface area contributed by atoms with Gasteiger partial charge in [0.15, 0.2) is 9.84 Å². The highest BCUT2D eigenvalue weighted by Gasteiger charge is 2.41. The zero-order valence-corrected chi connectivity index (χ0v) is 17.6. The SMILES string of the molecule is Cc1ccc(S(=O)(=O)OC2CC(C)S(=O)(=O)c3sc(S(N)(=O)=O)cc32)cc1. The van der Waals surface area contributed by atoms with Crippen molar-refractivity contribution in [3.05, 3.63) is 41.5 Å². The molecule has 2 atom stereocenters. The molecule has 3 rings (SSSR count). The molecule has 2 N–H and O–H groups in total. The van der Waals surface area contributed by atoms with Gasteiger partial charge in [-0.3, -0.25) is 4.18 Å². The molecule has 0 aliphatic carbocycles. The summed E-state index contributed by atoms with van der Waals surface area (Å²) < 4.78 is 78.2. The fraction of sp³-hybridized carbons (Fsp3) is 0.333. The van der Waals surface area contributed by atoms with E-state index in [1.165, 1.54) is 19.1 Å². The van der Waals surface area contributed by atoms with Crippen LogP contribution in [0, 0.1) is 6.92 Å². The van der Waals surface area contributed by atoms with Gasteiger partial charge in [-0.1, -0.05) is 17.7 Å². The standard InChI is InChI=1S/C15H17NO7S4/c1-9-3-5-11(6-4-9)27(21,22)23-13-7-10(2)25(17,18)15-12(13)8-14(24-15)26(16,19)20/h3-6,8,10,13H,7H2,1-2H3,(H2,16,19,20). The largest absolute Gasteiger partial charge is 0.297 e. The molecule has 1 aliphatic heterocycles. The van der Waals surface area contributed by atoms with E-state index in [1.54, 1.807) is 19.1 Å². The van der Waals surface area contributed by atoms with E-state index in [4.69, 9.17) is 9.32 Å². The first-order valence-electron chi connectivity index (χ1n) is 7.73. The molecule has 1 aromatic carbocycles. The fourth-order valence-corrected chi connectivity index (χ4v) is 8.14. The van der Waals surface area contributed by atoms with Crippen molar-refractivity contribution in [2.45, 2.75) is 44.9 Å². The van der Waals surface area contributed by atoms with Crippen LogP contribution in [0.4, 0.5) is 0 Å². The molecule has 0 saturated carbocycles. The summed E-state index contributed by atoms with van der Waals surface area (Å²) >= 11 is 0.505. The second kappa shape index (κ2) is 6.64. The van der Waals surface area contributed by atoms with Crippen LogP contribution in [0.25, 0.3) is 0 Å². The average molecular weight is 452 g/mol. The Labute approximate surface area is 162 Å². The molecule has 2 unspecified atom stereocenters. The number of sulfone groups is 1. The first-order valence-corrected chi connectivity index (χ1v) is 13.0. The lowest BCUT2D eigenvalue weighted by atomic mass is 10.1. The van der Waals surface area contributed by atoms with Gasteiger partial charge in [-0.15, -0.1) is 11.3 Å². The average Bonchev–Trinajstić information content (AvgIpc) is 3.00. The Kier molecular flexibility index (Phi) is 5.02. The van der Waals surface area contributed by atoms with Gasteiger partial charge in [-0.2, -0.15) is 8.42 Å². The van der Waals surface area contributed by atoms with Gasteiger partial charge in [0, 0.05) is 5.56 Å². The maximum atomic E-state index is 12.6. The van der Waals surface area contributed by atoms with Gasteiger partial charge in [-0.25, -0.2) is 22.0 Å². The number of aryl methyl sites for hydroxylation is 1. The summed E-state index contributed by atoms with van der Waals surface area (Å²) in [5.74, 6) is 0. The minimum Gasteiger partial charge on any atom is -0.258 e. The third-order valence-corrected chi connectivity index (χ3v) is 10.9. The van der Waals surface area contributed by atoms with Crippen LogP contribution >= 0.6 is 11.3 Å². The van der Waals surface area contributed by atoms with Crippen LogP contribution in [0.5, 0.6) is 0 Å². The van der Waals surface area contributed by atoms with Crippen molar-refractivity contribution in [2.24, 2.45) is 5.14 Å². The van der Waals surface area contributed by atoms with Gasteiger partial charge < -0.3 is 0 Å². The number of nitrogens with two attached hydrogens (primary N) is 1. The van der Waals surface area contributed by atoms with E-state index < -0.39 is 41.3 Å². The Bertz CT molecular complexity index is 1190. The molecule has 27 heavy (non-hydrogen) atoms. The number of hydrogen-bond donors (Lipinski definition) is 1. The molecule has 1 aromatic heterocycles. The second-order valence-electron chi connectivity index (χ2n) is 6.30. The van der Waals surface area contributed by atoms with Crippen LogP contribution in [0.2, 0.25) is 0 Å². The lowest BCUT2D eigenvalue weighted by molar-refractivity contribution is 0.196. The summed E-state index contributed by atoms with van der Waals surface area (Å²) in [7, 11) is -12.1. The number of primary sulfonamides is 1. The zero-order valence-electron chi connectivity index (χ0n) is 14.3. The predicted octanol–water partition coefficient (Wildman–Crippen LogP) is 1.72. The van der Waals surface area contributed by atoms with Gasteiger partial charge in [0.25, 0.3) is 10.1 Å². The van der Waals surface area contributed by atoms with Crippen LogP contribution in [-0.4, -0.2) is 30.5 Å². The molecule has 2 aromatic rings. The third-order valence-electron chi connectivity index (χ3n) is 4.22. The van der Waals surface area contributed by atoms with E-state index in [2.05, 4.69) is 0 Å². The molecule has 148 valence electrons. The summed E-state index contributed by atoms with van der Waals surface area (Å²) in [5.41, 5.74) is 0.863. The normalized spacial score (nSPS) is 22.3. The first kappa shape index (κ1) is 20.4. The third kappa shape index (κ3) is 3.82. The Morgan fingerprint density at radius 3 is 2.30 bits per heavy atom. The number of benzene rings is 1. The van der Waals surface area contributed by atoms with Crippen molar-refractivity contribution in [2.75, 3.05) is 0 Å². The predicted molar refractivity (Wildman–Crippen MR) is 99.1 cm³/mol. The van der Waals surface area contributed by atoms with Crippen molar-refractivity contribution < 1.29 is 29.4 Å². The number of rotatable bonds is 4. The quantitative estimate of drug-likeness (QED) is 0.698. The van der Waals surface area contributed by atoms with Gasteiger partial charge in [0.1, 0.15) is 14.5 Å². The fourth-order valence-electron chi connectivity index (χ4n) is 2.69. The molecular weight excluding hydrogens is 434 g/mol. The molecule has 0 bridgehead atoms. The Morgan fingerprint density at radius 2 is 1.74 bits per heavy atom. The molecule has 12 heteroatoms. The molecule has 0 spiro atoms. The summed E-state index contributed by atoms with van der Waals surface area (Å²) in [5, 5.41) is 4.16. The van der Waals surface area contributed by atoms with Crippen LogP contribution in [0.3, 0.4) is 0 Å². The number of hydrogen-bond acceptors (Lipinski definition) is 8. The van der Waals surface area contributed by atoms with Gasteiger partial charge in [0.05, 0.1) is 10.1 Å². The number of sulfonamides is 1. The molecule has 8 nitrogen and oxygen atoms in total. The summed E-state index contributed by atoms with van der Waals surface area (Å²) in [6.45, 7) is 3.22. The highest BCUT2D eigenvalue weighted by atomic mass is 32.3. The lowest BCUT2D eigenvalue weighted by Gasteiger charge is -2.26. The van der Waals surface area contributed by atoms with Crippen LogP contribution in [-0.2, 0) is 34.2 Å². The molecule has 2 heterocycles. The van der Waals surface area contributed by atoms with Crippen molar-refractivity contribution in [3.63, 3.8) is 0 Å². The van der Waals surface area contributed by atoms with Gasteiger partial charge >= 0.3 is 0 Å². The molecule has 0 saturated heterocycles. The lowest BCUT2D eigenvalue weighted by Crippen LogP contribution is -2.28. The highest BCUT2D eigenvalue weighted by molar-refractivity contribution is 7.95. The maximum Gasteiger partial charge on any atom is 0.297 e. The van der Waals surface area contributed by atoms with E-state index >= 15 is 0 Å². The van der Waals surface area contributed by atoms with E-state index in [-0.39, 0.29) is 25.3 Å². The first-order chi connectivity index (χ1) is 12.3. The minimum atomic E-state index is -4.18. The Balaban J connectivity index is 2.07.